The van der Waals surface area contributed by atoms with Gasteiger partial charge < -0.3 is 19.3 Å². The van der Waals surface area contributed by atoms with Gasteiger partial charge in [0.2, 0.25) is 0 Å². The molecule has 0 aliphatic carbocycles. The molecule has 10 heteroatoms. The zero-order valence-electron chi connectivity index (χ0n) is 17.8. The van der Waals surface area contributed by atoms with Crippen molar-refractivity contribution in [2.45, 2.75) is 67.2 Å². The van der Waals surface area contributed by atoms with Gasteiger partial charge in [-0.2, -0.15) is 10.2 Å². The minimum atomic E-state index is -0.849. The third-order valence-electron chi connectivity index (χ3n) is 3.30. The first-order valence-electron chi connectivity index (χ1n) is 9.12. The molecule has 0 radical (unpaired) electrons. The molecule has 1 aliphatic heterocycles. The van der Waals surface area contributed by atoms with Crippen molar-refractivity contribution in [2.75, 3.05) is 20.3 Å². The minimum absolute atomic E-state index is 0. The van der Waals surface area contributed by atoms with Gasteiger partial charge in [0.1, 0.15) is 5.69 Å². The highest BCUT2D eigenvalue weighted by molar-refractivity contribution is 5.87. The van der Waals surface area contributed by atoms with Crippen LogP contribution < -0.4 is 0 Å². The number of esters is 2. The fourth-order valence-corrected chi connectivity index (χ4v) is 1.78. The molecule has 2 aromatic heterocycles. The van der Waals surface area contributed by atoms with Crippen molar-refractivity contribution >= 4 is 11.9 Å². The molecule has 0 atom stereocenters. The van der Waals surface area contributed by atoms with Crippen LogP contribution in [0.1, 0.15) is 70.4 Å². The van der Waals surface area contributed by atoms with Crippen LogP contribution in [0.15, 0.2) is 24.5 Å². The second-order valence-electron chi connectivity index (χ2n) is 7.44. The first kappa shape index (κ1) is 30.5. The summed E-state index contributed by atoms with van der Waals surface area (Å²) in [6, 6.07) is 3.12. The summed E-state index contributed by atoms with van der Waals surface area (Å²) in [5, 5.41) is 19.6. The van der Waals surface area contributed by atoms with E-state index in [1.807, 2.05) is 0 Å². The molecule has 178 valence electrons. The van der Waals surface area contributed by atoms with Crippen LogP contribution in [0, 0.1) is 0 Å². The van der Waals surface area contributed by atoms with Crippen molar-refractivity contribution in [1.82, 2.24) is 20.0 Å². The lowest BCUT2D eigenvalue weighted by Crippen LogP contribution is -2.26. The third-order valence-corrected chi connectivity index (χ3v) is 3.30. The van der Waals surface area contributed by atoms with Gasteiger partial charge in [0.05, 0.1) is 38.1 Å². The fraction of sp³-hybridized carbons (Fsp3) is 0.619. The van der Waals surface area contributed by atoms with Crippen molar-refractivity contribution in [1.29, 1.82) is 0 Å². The van der Waals surface area contributed by atoms with E-state index in [1.165, 1.54) is 18.0 Å². The number of hydrogen-bond donors (Lipinski definition) is 2. The predicted molar refractivity (Wildman–Crippen MR) is 118 cm³/mol. The number of epoxide rings is 1. The number of hydrogen-bond acceptors (Lipinski definition) is 8. The van der Waals surface area contributed by atoms with Gasteiger partial charge >= 0.3 is 11.9 Å². The standard InChI is InChI=1S/C10H16N2O3.C5H6N2O2.C4H8O.2CH4/c1-4-15-9(13)8-5-6-12(11-8)7-10(2,3)14;1-9-5(8)4-2-3-6-7-4;1-4(2)3-5-4;;/h5-6,14H,4,7H2,1-3H3;2-3H,1H3,(H,6,7);3H2,1-2H3;2*1H4. The number of nitrogens with one attached hydrogen (secondary N) is 1. The molecule has 1 aliphatic rings. The topological polar surface area (TPSA) is 132 Å². The van der Waals surface area contributed by atoms with E-state index in [4.69, 9.17) is 9.47 Å². The van der Waals surface area contributed by atoms with Crippen LogP contribution in [0.4, 0.5) is 0 Å². The van der Waals surface area contributed by atoms with E-state index in [9.17, 15) is 14.7 Å². The molecule has 3 heterocycles. The van der Waals surface area contributed by atoms with Crippen molar-refractivity contribution in [3.63, 3.8) is 0 Å². The maximum Gasteiger partial charge on any atom is 0.358 e. The van der Waals surface area contributed by atoms with Crippen LogP contribution in [0.3, 0.4) is 0 Å². The van der Waals surface area contributed by atoms with E-state index in [0.29, 0.717) is 18.8 Å². The van der Waals surface area contributed by atoms with E-state index in [0.717, 1.165) is 6.61 Å². The predicted octanol–water partition coefficient (Wildman–Crippen LogP) is 3.09. The summed E-state index contributed by atoms with van der Waals surface area (Å²) in [6.07, 6.45) is 3.14. The first-order valence-corrected chi connectivity index (χ1v) is 9.12. The first-order chi connectivity index (χ1) is 13.5. The van der Waals surface area contributed by atoms with Crippen molar-refractivity contribution < 1.29 is 28.9 Å². The molecule has 0 unspecified atom stereocenters. The Balaban J connectivity index is 0. The van der Waals surface area contributed by atoms with Crippen LogP contribution in [0.2, 0.25) is 0 Å². The summed E-state index contributed by atoms with van der Waals surface area (Å²) in [4.78, 5) is 21.8. The Kier molecular flexibility index (Phi) is 13.3. The number of H-pyrrole nitrogens is 1. The SMILES string of the molecule is C.C.CC1(C)CO1.CCOC(=O)c1ccn(CC(C)(C)O)n1.COC(=O)c1ccn[nH]1. The Morgan fingerprint density at radius 1 is 1.29 bits per heavy atom. The molecule has 0 bridgehead atoms. The molecule has 0 aromatic carbocycles. The highest BCUT2D eigenvalue weighted by atomic mass is 16.6. The molecule has 3 rings (SSSR count). The maximum atomic E-state index is 11.3. The zero-order chi connectivity index (χ0) is 22.1. The molecule has 10 nitrogen and oxygen atoms in total. The average molecular weight is 443 g/mol. The van der Waals surface area contributed by atoms with E-state index in [-0.39, 0.29) is 26.1 Å². The zero-order valence-corrected chi connectivity index (χ0v) is 17.8. The van der Waals surface area contributed by atoms with Gasteiger partial charge in [0.15, 0.2) is 5.69 Å². The molecule has 2 N–H and O–H groups in total. The van der Waals surface area contributed by atoms with E-state index in [1.54, 1.807) is 39.1 Å². The number of carbonyl (C=O) groups excluding carboxylic acids is 2. The smallest absolute Gasteiger partial charge is 0.358 e. The number of aliphatic hydroxyl groups is 1. The lowest BCUT2D eigenvalue weighted by atomic mass is 10.1. The van der Waals surface area contributed by atoms with Crippen LogP contribution >= 0.6 is 0 Å². The highest BCUT2D eigenvalue weighted by Crippen LogP contribution is 2.23. The van der Waals surface area contributed by atoms with Gasteiger partial charge in [-0.25, -0.2) is 9.59 Å². The quantitative estimate of drug-likeness (QED) is 0.533. The molecule has 0 amide bonds. The van der Waals surface area contributed by atoms with Crippen molar-refractivity contribution in [3.05, 3.63) is 35.9 Å². The number of aromatic amines is 1. The molecule has 1 fully saturated rings. The van der Waals surface area contributed by atoms with Crippen molar-refractivity contribution in [3.8, 4) is 0 Å². The molecule has 1 saturated heterocycles. The number of aromatic nitrogens is 4. The Labute approximate surface area is 184 Å². The molecule has 0 saturated carbocycles. The second kappa shape index (κ2) is 13.6. The normalized spacial score (nSPS) is 13.0. The van der Waals surface area contributed by atoms with Crippen LogP contribution in [-0.2, 0) is 20.8 Å². The van der Waals surface area contributed by atoms with E-state index in [2.05, 4.69) is 33.9 Å². The van der Waals surface area contributed by atoms with E-state index < -0.39 is 17.5 Å². The van der Waals surface area contributed by atoms with Crippen LogP contribution in [-0.4, -0.2) is 68.5 Å². The lowest BCUT2D eigenvalue weighted by molar-refractivity contribution is 0.0496. The summed E-state index contributed by atoms with van der Waals surface area (Å²) in [5.74, 6) is -0.834. The molecule has 2 aromatic rings. The number of rotatable bonds is 5. The monoisotopic (exact) mass is 442 g/mol. The molecular formula is C21H38N4O6. The van der Waals surface area contributed by atoms with Crippen LogP contribution in [0.5, 0.6) is 0 Å². The van der Waals surface area contributed by atoms with E-state index >= 15 is 0 Å². The Morgan fingerprint density at radius 2 is 1.87 bits per heavy atom. The van der Waals surface area contributed by atoms with Crippen molar-refractivity contribution in [2.24, 2.45) is 0 Å². The summed E-state index contributed by atoms with van der Waals surface area (Å²) in [5.41, 5.74) is 0.0383. The Morgan fingerprint density at radius 3 is 2.26 bits per heavy atom. The van der Waals surface area contributed by atoms with Gasteiger partial charge in [-0.1, -0.05) is 14.9 Å². The largest absolute Gasteiger partial charge is 0.464 e. The summed E-state index contributed by atoms with van der Waals surface area (Å²) >= 11 is 0. The van der Waals surface area contributed by atoms with Gasteiger partial charge in [-0.05, 0) is 46.8 Å². The number of ether oxygens (including phenoxy) is 3. The second-order valence-corrected chi connectivity index (χ2v) is 7.44. The third kappa shape index (κ3) is 13.2. The maximum absolute atomic E-state index is 11.3. The molecule has 31 heavy (non-hydrogen) atoms. The molecule has 0 spiro atoms. The number of nitrogens with zero attached hydrogens (tertiary/aromatic N) is 3. The molecular weight excluding hydrogens is 404 g/mol. The highest BCUT2D eigenvalue weighted by Gasteiger charge is 2.32. The van der Waals surface area contributed by atoms with Gasteiger partial charge in [-0.15, -0.1) is 0 Å². The fourth-order valence-electron chi connectivity index (χ4n) is 1.78. The summed E-state index contributed by atoms with van der Waals surface area (Å²) in [7, 11) is 1.32. The lowest BCUT2D eigenvalue weighted by Gasteiger charge is -2.16. The number of carbonyl (C=O) groups is 2. The Hall–Kier alpha value is -2.72. The van der Waals surface area contributed by atoms with Crippen LogP contribution in [0.25, 0.3) is 0 Å². The minimum Gasteiger partial charge on any atom is -0.464 e. The summed E-state index contributed by atoms with van der Waals surface area (Å²) in [6.45, 7) is 10.9. The van der Waals surface area contributed by atoms with Gasteiger partial charge in [-0.3, -0.25) is 9.78 Å². The van der Waals surface area contributed by atoms with Gasteiger partial charge in [0.25, 0.3) is 0 Å². The average Bonchev–Trinajstić information content (AvgIpc) is 3.07. The number of methoxy groups -OCH3 is 1. The Bertz CT molecular complexity index is 757. The van der Waals surface area contributed by atoms with Gasteiger partial charge in [0, 0.05) is 12.4 Å². The summed E-state index contributed by atoms with van der Waals surface area (Å²) < 4.78 is 15.6.